The summed E-state index contributed by atoms with van der Waals surface area (Å²) in [6.45, 7) is 16.2. The molecule has 0 radical (unpaired) electrons. The number of hydrogen-bond acceptors (Lipinski definition) is 16. The van der Waals surface area contributed by atoms with E-state index >= 15 is 0 Å². The second kappa shape index (κ2) is 36.7. The smallest absolute Gasteiger partial charge is 0.299 e. The highest BCUT2D eigenvalue weighted by atomic mass is 79.9. The molecular weight excluding hydrogens is 1650 g/mol. The Balaban J connectivity index is 0.000000151. The van der Waals surface area contributed by atoms with Crippen molar-refractivity contribution in [1.82, 2.24) is 18.3 Å². The van der Waals surface area contributed by atoms with Gasteiger partial charge in [-0.2, -0.15) is 0 Å². The minimum Gasteiger partial charge on any atom is -0.507 e. The number of benzene rings is 10. The van der Waals surface area contributed by atoms with Gasteiger partial charge in [-0.05, 0) is 161 Å². The molecule has 14 rings (SSSR count). The van der Waals surface area contributed by atoms with Crippen LogP contribution in [-0.4, -0.2) is 83.5 Å². The van der Waals surface area contributed by atoms with Gasteiger partial charge in [-0.25, -0.2) is 0 Å². The van der Waals surface area contributed by atoms with Crippen LogP contribution in [-0.2, 0) is 31.0 Å². The van der Waals surface area contributed by atoms with E-state index in [4.69, 9.17) is 0 Å². The van der Waals surface area contributed by atoms with Crippen LogP contribution in [0, 0.1) is 34.6 Å². The molecule has 10 aromatic carbocycles. The quantitative estimate of drug-likeness (QED) is 0.0311. The van der Waals surface area contributed by atoms with E-state index in [1.165, 1.54) is 28.8 Å². The van der Waals surface area contributed by atoms with E-state index in [1.54, 1.807) is 93.4 Å². The highest BCUT2D eigenvalue weighted by molar-refractivity contribution is 9.11. The van der Waals surface area contributed by atoms with Crippen molar-refractivity contribution in [2.75, 3.05) is 5.32 Å². The summed E-state index contributed by atoms with van der Waals surface area (Å²) in [7, 11) is 0. The number of aryl methyl sites for hydroxylation is 6. The standard InChI is InChI=1S/C25H21BrN4O3.C23H19N3O3.C19H18BrN3O3.C19H16BrN3O3/c1-15-7-11-18(12-8-15)27-22(31)14-30-21-6-4-3-5-19(21)23(25(30)33)28-29-24(32)20-13-17(26)10-9-16(20)2;1-15-11-12-20(27)18(13-15)22(28)25-24-21-17-9-5-6-10-19(17)26(23(21)29)14-16-7-3-2-4-8-16;2*1-3-8-23-15-6-5-12(20)10-13(15)17(19(23)26)21-22-18(25)14-9-11(2)4-7-16(14)24/h3-13,33H,14H2,1-2H3,(H,27,31);2-13,27,29H,14H2,1H3;4-7,9-10,24,26H,3,8H2,1-2H3;3-7,9-10,24,26H,1,8H2,2H3. The molecule has 8 N–H and O–H groups in total. The second-order valence-corrected chi connectivity index (χ2v) is 29.0. The molecule has 0 aliphatic heterocycles. The van der Waals surface area contributed by atoms with Crippen molar-refractivity contribution in [2.24, 2.45) is 40.9 Å². The first kappa shape index (κ1) is 81.7. The fourth-order valence-electron chi connectivity index (χ4n) is 12.2. The van der Waals surface area contributed by atoms with Crippen LogP contribution in [0.3, 0.4) is 0 Å². The highest BCUT2D eigenvalue weighted by Gasteiger charge is 2.24. The van der Waals surface area contributed by atoms with E-state index in [2.05, 4.69) is 101 Å². The number of amides is 5. The average Bonchev–Trinajstić information content (AvgIpc) is 1.64. The van der Waals surface area contributed by atoms with Crippen molar-refractivity contribution < 1.29 is 59.7 Å². The zero-order chi connectivity index (χ0) is 81.6. The zero-order valence-electron chi connectivity index (χ0n) is 62.2. The average molecular weight is 1720 g/mol. The lowest BCUT2D eigenvalue weighted by molar-refractivity contribution is -0.116. The summed E-state index contributed by atoms with van der Waals surface area (Å²) < 4.78 is 8.93. The minimum atomic E-state index is -0.690. The lowest BCUT2D eigenvalue weighted by Gasteiger charge is -2.08. The lowest BCUT2D eigenvalue weighted by Crippen LogP contribution is -2.18. The molecule has 0 spiro atoms. The van der Waals surface area contributed by atoms with Crippen molar-refractivity contribution in [3.8, 4) is 40.8 Å². The SMILES string of the molecule is C=CCn1c(O)c(N=NC(=O)c2cc(C)ccc2O)c2cc(Br)ccc21.CCCn1c(O)c(N=NC(=O)c2cc(C)ccc2O)c2cc(Br)ccc21.Cc1ccc(NC(=O)Cn2c(O)c(N=NC(=O)c3cc(Br)ccc3C)c3ccccc32)cc1.Cc1ccc(O)c(C(=O)N=Nc2c(O)n(Cc3ccccc3)c3ccccc23)c1. The van der Waals surface area contributed by atoms with Crippen molar-refractivity contribution >= 4 is 149 Å². The topological polar surface area (TPSA) is 358 Å². The van der Waals surface area contributed by atoms with Crippen LogP contribution in [0.5, 0.6) is 40.8 Å². The van der Waals surface area contributed by atoms with Crippen molar-refractivity contribution in [2.45, 2.75) is 74.1 Å². The summed E-state index contributed by atoms with van der Waals surface area (Å²) in [5.41, 5.74) is 10.3. The molecule has 25 nitrogen and oxygen atoms in total. The van der Waals surface area contributed by atoms with E-state index in [9.17, 15) is 59.7 Å². The van der Waals surface area contributed by atoms with Gasteiger partial charge in [0.1, 0.15) is 23.8 Å². The highest BCUT2D eigenvalue weighted by Crippen LogP contribution is 2.44. The maximum atomic E-state index is 12.6. The molecule has 114 heavy (non-hydrogen) atoms. The van der Waals surface area contributed by atoms with Crippen LogP contribution < -0.4 is 5.32 Å². The maximum Gasteiger partial charge on any atom is 0.299 e. The van der Waals surface area contributed by atoms with Gasteiger partial charge in [0.25, 0.3) is 23.6 Å². The molecule has 0 fully saturated rings. The minimum absolute atomic E-state index is 0.0371. The number of nitrogens with one attached hydrogen (secondary N) is 1. The Morgan fingerprint density at radius 2 is 0.772 bits per heavy atom. The number of phenols is 3. The van der Waals surface area contributed by atoms with Gasteiger partial charge in [0, 0.05) is 59.3 Å². The third-order valence-electron chi connectivity index (χ3n) is 17.9. The number of aromatic hydroxyl groups is 7. The van der Waals surface area contributed by atoms with Crippen molar-refractivity contribution in [3.63, 3.8) is 0 Å². The van der Waals surface area contributed by atoms with E-state index < -0.39 is 23.6 Å². The number of anilines is 1. The molecule has 14 aromatic rings. The van der Waals surface area contributed by atoms with Gasteiger partial charge in [-0.15, -0.1) is 47.5 Å². The van der Waals surface area contributed by atoms with Crippen LogP contribution in [0.1, 0.15) is 88.2 Å². The number of halogens is 3. The number of nitrogens with zero attached hydrogens (tertiary/aromatic N) is 12. The number of phenolic OH excluding ortho intramolecular Hbond substituents is 3. The van der Waals surface area contributed by atoms with Crippen molar-refractivity contribution in [3.05, 3.63) is 294 Å². The summed E-state index contributed by atoms with van der Waals surface area (Å²) in [6.07, 6.45) is 2.48. The molecule has 28 heteroatoms. The molecule has 0 bridgehead atoms. The fourth-order valence-corrected chi connectivity index (χ4v) is 13.3. The molecule has 5 amide bonds. The number of aromatic nitrogens is 4. The van der Waals surface area contributed by atoms with Gasteiger partial charge >= 0.3 is 0 Å². The van der Waals surface area contributed by atoms with Gasteiger partial charge in [0.15, 0.2) is 22.7 Å². The summed E-state index contributed by atoms with van der Waals surface area (Å²) in [4.78, 5) is 62.3. The van der Waals surface area contributed by atoms with Crippen LogP contribution in [0.2, 0.25) is 0 Å². The fraction of sp³-hybridized carbons (Fsp3) is 0.128. The second-order valence-electron chi connectivity index (χ2n) is 26.2. The van der Waals surface area contributed by atoms with Crippen LogP contribution in [0.25, 0.3) is 43.6 Å². The number of azo groups is 4. The van der Waals surface area contributed by atoms with Crippen LogP contribution in [0.4, 0.5) is 28.4 Å². The van der Waals surface area contributed by atoms with E-state index in [1.807, 2.05) is 156 Å². The molecule has 0 unspecified atom stereocenters. The Labute approximate surface area is 678 Å². The summed E-state index contributed by atoms with van der Waals surface area (Å²) in [5, 5.41) is 109. The molecule has 0 aliphatic rings. The van der Waals surface area contributed by atoms with E-state index in [0.717, 1.165) is 69.8 Å². The first-order chi connectivity index (χ1) is 54.7. The summed E-state index contributed by atoms with van der Waals surface area (Å²) >= 11 is 10.2. The normalized spacial score (nSPS) is 11.3. The number of carbonyl (C=O) groups is 5. The Bertz CT molecular complexity index is 6180. The van der Waals surface area contributed by atoms with Crippen molar-refractivity contribution in [1.29, 1.82) is 0 Å². The maximum absolute atomic E-state index is 12.6. The summed E-state index contributed by atoms with van der Waals surface area (Å²) in [5.74, 6) is -3.80. The van der Waals surface area contributed by atoms with Gasteiger partial charge in [-0.1, -0.05) is 186 Å². The van der Waals surface area contributed by atoms with Gasteiger partial charge < -0.3 is 59.3 Å². The number of allylic oxidation sites excluding steroid dienone is 1. The first-order valence-electron chi connectivity index (χ1n) is 35.3. The molecule has 0 saturated heterocycles. The van der Waals surface area contributed by atoms with Gasteiger partial charge in [-0.3, -0.25) is 24.0 Å². The molecule has 0 saturated carbocycles. The number of fused-ring (bicyclic) bond motifs is 4. The number of rotatable bonds is 17. The van der Waals surface area contributed by atoms with Crippen LogP contribution >= 0.6 is 47.8 Å². The van der Waals surface area contributed by atoms with Gasteiger partial charge in [0.05, 0.1) is 45.3 Å². The number of carbonyl (C=O) groups excluding carboxylic acids is 5. The predicted molar refractivity (Wildman–Crippen MR) is 448 cm³/mol. The molecular formula is C86H74Br3N13O12. The molecule has 0 aliphatic carbocycles. The molecule has 4 aromatic heterocycles. The van der Waals surface area contributed by atoms with E-state index in [-0.39, 0.29) is 92.7 Å². The zero-order valence-corrected chi connectivity index (χ0v) is 67.0. The third kappa shape index (κ3) is 19.0. The molecule has 4 heterocycles. The lowest BCUT2D eigenvalue weighted by atomic mass is 10.1. The number of para-hydroxylation sites is 2. The Morgan fingerprint density at radius 1 is 0.395 bits per heavy atom. The first-order valence-corrected chi connectivity index (χ1v) is 37.7. The van der Waals surface area contributed by atoms with E-state index in [0.29, 0.717) is 57.9 Å². The van der Waals surface area contributed by atoms with Crippen LogP contribution in [0.15, 0.2) is 279 Å². The third-order valence-corrected chi connectivity index (χ3v) is 19.4. The van der Waals surface area contributed by atoms with Gasteiger partial charge in [0.2, 0.25) is 29.4 Å². The molecule has 0 atom stereocenters. The predicted octanol–water partition coefficient (Wildman–Crippen LogP) is 22.3. The monoisotopic (exact) mass is 1720 g/mol. The number of hydrogen-bond donors (Lipinski definition) is 8. The Kier molecular flexibility index (Phi) is 26.3. The molecule has 576 valence electrons. The largest absolute Gasteiger partial charge is 0.507 e. The summed E-state index contributed by atoms with van der Waals surface area (Å²) in [6, 6.07) is 62.1. The Morgan fingerprint density at radius 3 is 1.25 bits per heavy atom. The Hall–Kier alpha value is -13.3.